The van der Waals surface area contributed by atoms with Gasteiger partial charge in [0, 0.05) is 37.3 Å². The van der Waals surface area contributed by atoms with E-state index in [1.54, 1.807) is 0 Å². The summed E-state index contributed by atoms with van der Waals surface area (Å²) >= 11 is 0. The lowest BCUT2D eigenvalue weighted by molar-refractivity contribution is 0.484. The van der Waals surface area contributed by atoms with Crippen molar-refractivity contribution in [2.75, 3.05) is 39.3 Å². The van der Waals surface area contributed by atoms with Crippen molar-refractivity contribution in [1.29, 1.82) is 0 Å². The standard InChI is InChI=1S/C25H28N8/c1-3-32-11-9-26-24(32)16-5-7-18-20(13-16)30-22(28-18)15-23-29-19-8-6-17(14-21(19)31-23)25-27-10-12-33(25)4-2/h5-8,13-14H,3-4,9-12,15H2,1-2H3,(H,28,30)(H,29,31). The van der Waals surface area contributed by atoms with E-state index in [0.29, 0.717) is 6.42 Å². The second kappa shape index (κ2) is 8.03. The summed E-state index contributed by atoms with van der Waals surface area (Å²) in [4.78, 5) is 30.6. The molecule has 2 aliphatic rings. The second-order valence-corrected chi connectivity index (χ2v) is 8.58. The Kier molecular flexibility index (Phi) is 4.86. The number of rotatable bonds is 6. The summed E-state index contributed by atoms with van der Waals surface area (Å²) in [6.45, 7) is 10.0. The summed E-state index contributed by atoms with van der Waals surface area (Å²) in [6.07, 6.45) is 0.623. The molecule has 2 aromatic carbocycles. The maximum atomic E-state index is 4.85. The number of amidine groups is 2. The Hall–Kier alpha value is -3.68. The lowest BCUT2D eigenvalue weighted by atomic mass is 10.1. The van der Waals surface area contributed by atoms with Crippen molar-refractivity contribution >= 4 is 33.7 Å². The first-order chi connectivity index (χ1) is 16.2. The number of hydrogen-bond acceptors (Lipinski definition) is 6. The first kappa shape index (κ1) is 20.0. The Balaban J connectivity index is 1.26. The fourth-order valence-corrected chi connectivity index (χ4v) is 4.85. The van der Waals surface area contributed by atoms with Crippen molar-refractivity contribution in [3.8, 4) is 0 Å². The van der Waals surface area contributed by atoms with Crippen molar-refractivity contribution in [2.24, 2.45) is 9.98 Å². The van der Waals surface area contributed by atoms with Gasteiger partial charge in [-0.1, -0.05) is 0 Å². The first-order valence-electron chi connectivity index (χ1n) is 11.8. The largest absolute Gasteiger partial charge is 0.355 e. The van der Waals surface area contributed by atoms with E-state index < -0.39 is 0 Å². The van der Waals surface area contributed by atoms with Gasteiger partial charge in [0.15, 0.2) is 0 Å². The zero-order valence-electron chi connectivity index (χ0n) is 19.1. The van der Waals surface area contributed by atoms with Gasteiger partial charge in [-0.05, 0) is 50.2 Å². The van der Waals surface area contributed by atoms with E-state index in [1.165, 1.54) is 0 Å². The first-order valence-corrected chi connectivity index (χ1v) is 11.8. The quantitative estimate of drug-likeness (QED) is 0.482. The zero-order chi connectivity index (χ0) is 22.4. The Bertz CT molecular complexity index is 1290. The number of benzene rings is 2. The van der Waals surface area contributed by atoms with Gasteiger partial charge < -0.3 is 19.8 Å². The summed E-state index contributed by atoms with van der Waals surface area (Å²) in [5.74, 6) is 3.95. The average Bonchev–Trinajstić information content (AvgIpc) is 3.62. The van der Waals surface area contributed by atoms with Crippen LogP contribution in [0.3, 0.4) is 0 Å². The van der Waals surface area contributed by atoms with Crippen molar-refractivity contribution in [3.63, 3.8) is 0 Å². The number of imidazole rings is 2. The van der Waals surface area contributed by atoms with E-state index in [2.05, 4.69) is 80.0 Å². The number of aromatic nitrogens is 4. The molecule has 0 fully saturated rings. The van der Waals surface area contributed by atoms with Crippen LogP contribution in [0.5, 0.6) is 0 Å². The fourth-order valence-electron chi connectivity index (χ4n) is 4.85. The van der Waals surface area contributed by atoms with Crippen LogP contribution < -0.4 is 0 Å². The van der Waals surface area contributed by atoms with E-state index >= 15 is 0 Å². The predicted molar refractivity (Wildman–Crippen MR) is 132 cm³/mol. The van der Waals surface area contributed by atoms with E-state index in [9.17, 15) is 0 Å². The SMILES string of the molecule is CCN1CCN=C1c1ccc2[nH]c(Cc3nc4cc(C5=NCCN5CC)ccc4[nH]3)nc2c1. The smallest absolute Gasteiger partial charge is 0.131 e. The Morgan fingerprint density at radius 3 is 1.67 bits per heavy atom. The number of aromatic amines is 2. The van der Waals surface area contributed by atoms with Gasteiger partial charge in [-0.2, -0.15) is 0 Å². The summed E-state index contributed by atoms with van der Waals surface area (Å²) in [7, 11) is 0. The molecule has 0 aliphatic carbocycles. The monoisotopic (exact) mass is 440 g/mol. The van der Waals surface area contributed by atoms with E-state index in [0.717, 1.165) is 95.8 Å². The van der Waals surface area contributed by atoms with E-state index in [-0.39, 0.29) is 0 Å². The summed E-state index contributed by atoms with van der Waals surface area (Å²) in [6, 6.07) is 12.7. The summed E-state index contributed by atoms with van der Waals surface area (Å²) < 4.78 is 0. The van der Waals surface area contributed by atoms with Crippen LogP contribution >= 0.6 is 0 Å². The van der Waals surface area contributed by atoms with Gasteiger partial charge in [0.25, 0.3) is 0 Å². The average molecular weight is 441 g/mol. The van der Waals surface area contributed by atoms with Crippen molar-refractivity contribution in [2.45, 2.75) is 20.3 Å². The third-order valence-corrected chi connectivity index (χ3v) is 6.54. The molecule has 0 unspecified atom stereocenters. The molecule has 2 N–H and O–H groups in total. The number of H-pyrrole nitrogens is 2. The van der Waals surface area contributed by atoms with Gasteiger partial charge in [-0.3, -0.25) is 9.98 Å². The Morgan fingerprint density at radius 2 is 1.21 bits per heavy atom. The highest BCUT2D eigenvalue weighted by Crippen LogP contribution is 2.21. The lowest BCUT2D eigenvalue weighted by Crippen LogP contribution is -2.27. The Labute approximate surface area is 192 Å². The number of fused-ring (bicyclic) bond motifs is 2. The zero-order valence-corrected chi connectivity index (χ0v) is 19.1. The van der Waals surface area contributed by atoms with E-state index in [4.69, 9.17) is 9.97 Å². The predicted octanol–water partition coefficient (Wildman–Crippen LogP) is 3.19. The molecule has 0 radical (unpaired) electrons. The third-order valence-electron chi connectivity index (χ3n) is 6.54. The molecule has 4 aromatic rings. The molecule has 0 bridgehead atoms. The molecule has 0 atom stereocenters. The number of nitrogens with zero attached hydrogens (tertiary/aromatic N) is 6. The number of aliphatic imine (C=N–C) groups is 2. The van der Waals surface area contributed by atoms with Crippen LogP contribution in [0.1, 0.15) is 36.6 Å². The highest BCUT2D eigenvalue weighted by atomic mass is 15.2. The van der Waals surface area contributed by atoms with Gasteiger partial charge in [-0.25, -0.2) is 9.97 Å². The molecule has 168 valence electrons. The van der Waals surface area contributed by atoms with Gasteiger partial charge >= 0.3 is 0 Å². The molecule has 4 heterocycles. The molecule has 0 saturated carbocycles. The molecule has 0 amide bonds. The summed E-state index contributed by atoms with van der Waals surface area (Å²) in [5.41, 5.74) is 6.26. The molecule has 2 aromatic heterocycles. The highest BCUT2D eigenvalue weighted by Gasteiger charge is 2.19. The number of likely N-dealkylation sites (N-methyl/N-ethyl adjacent to an activating group) is 2. The molecule has 8 heteroatoms. The number of nitrogens with one attached hydrogen (secondary N) is 2. The van der Waals surface area contributed by atoms with Gasteiger partial charge in [0.05, 0.1) is 41.6 Å². The van der Waals surface area contributed by atoms with Crippen LogP contribution in [-0.4, -0.2) is 80.7 Å². The van der Waals surface area contributed by atoms with Gasteiger partial charge in [0.2, 0.25) is 0 Å². The Morgan fingerprint density at radius 1 is 0.727 bits per heavy atom. The van der Waals surface area contributed by atoms with Crippen LogP contribution in [-0.2, 0) is 6.42 Å². The van der Waals surface area contributed by atoms with Crippen molar-refractivity contribution < 1.29 is 0 Å². The molecular formula is C25H28N8. The topological polar surface area (TPSA) is 88.6 Å². The number of hydrogen-bond donors (Lipinski definition) is 2. The van der Waals surface area contributed by atoms with Crippen LogP contribution in [0.2, 0.25) is 0 Å². The second-order valence-electron chi connectivity index (χ2n) is 8.58. The third kappa shape index (κ3) is 3.55. The van der Waals surface area contributed by atoms with Crippen LogP contribution in [0.4, 0.5) is 0 Å². The van der Waals surface area contributed by atoms with E-state index in [1.807, 2.05) is 0 Å². The lowest BCUT2D eigenvalue weighted by Gasteiger charge is -2.17. The fraction of sp³-hybridized carbons (Fsp3) is 0.360. The van der Waals surface area contributed by atoms with Gasteiger partial charge in [-0.15, -0.1) is 0 Å². The molecule has 6 rings (SSSR count). The molecular weight excluding hydrogens is 412 g/mol. The molecule has 8 nitrogen and oxygen atoms in total. The van der Waals surface area contributed by atoms with Gasteiger partial charge in [0.1, 0.15) is 23.3 Å². The van der Waals surface area contributed by atoms with Crippen LogP contribution in [0.25, 0.3) is 22.1 Å². The van der Waals surface area contributed by atoms with Crippen molar-refractivity contribution in [1.82, 2.24) is 29.7 Å². The maximum Gasteiger partial charge on any atom is 0.131 e. The normalized spacial score (nSPS) is 16.3. The minimum Gasteiger partial charge on any atom is -0.355 e. The highest BCUT2D eigenvalue weighted by molar-refractivity contribution is 6.02. The maximum absolute atomic E-state index is 4.85. The molecule has 2 aliphatic heterocycles. The molecule has 33 heavy (non-hydrogen) atoms. The van der Waals surface area contributed by atoms with Crippen LogP contribution in [0.15, 0.2) is 46.4 Å². The molecule has 0 spiro atoms. The molecule has 0 saturated heterocycles. The van der Waals surface area contributed by atoms with Crippen molar-refractivity contribution in [3.05, 3.63) is 59.2 Å². The van der Waals surface area contributed by atoms with Crippen LogP contribution in [0, 0.1) is 0 Å². The minimum atomic E-state index is 0.623. The summed E-state index contributed by atoms with van der Waals surface area (Å²) in [5, 5.41) is 0. The minimum absolute atomic E-state index is 0.623.